The lowest BCUT2D eigenvalue weighted by Gasteiger charge is -2.31. The number of aryl methyl sites for hydroxylation is 1. The molecule has 0 spiro atoms. The molecular formula is C25H40O3. The average Bonchev–Trinajstić information content (AvgIpc) is 2.68. The molecule has 0 N–H and O–H groups in total. The fourth-order valence-electron chi connectivity index (χ4n) is 4.26. The SMILES string of the molecule is CC(C)(C)CCc1ccc(OC(CC2CCCCC2)OC2CCOCC2)cc1. The summed E-state index contributed by atoms with van der Waals surface area (Å²) in [4.78, 5) is 0. The maximum absolute atomic E-state index is 6.42. The summed E-state index contributed by atoms with van der Waals surface area (Å²) in [6.45, 7) is 8.52. The fraction of sp³-hybridized carbons (Fsp3) is 0.760. The molecule has 2 aliphatic rings. The van der Waals surface area contributed by atoms with E-state index in [-0.39, 0.29) is 12.4 Å². The Morgan fingerprint density at radius 1 is 0.964 bits per heavy atom. The van der Waals surface area contributed by atoms with Crippen LogP contribution in [0.15, 0.2) is 24.3 Å². The summed E-state index contributed by atoms with van der Waals surface area (Å²) in [7, 11) is 0. The molecule has 1 unspecified atom stereocenters. The van der Waals surface area contributed by atoms with Crippen molar-refractivity contribution >= 4 is 0 Å². The summed E-state index contributed by atoms with van der Waals surface area (Å²) in [6, 6.07) is 8.68. The molecular weight excluding hydrogens is 348 g/mol. The van der Waals surface area contributed by atoms with Crippen LogP contribution in [-0.2, 0) is 15.9 Å². The van der Waals surface area contributed by atoms with Crippen LogP contribution in [0.1, 0.15) is 84.1 Å². The molecule has 1 atom stereocenters. The normalized spacial score (nSPS) is 20.8. The standard InChI is InChI=1S/C25H40O3/c1-25(2,3)16-13-20-9-11-22(12-10-20)27-24(19-21-7-5-4-6-8-21)28-23-14-17-26-18-15-23/h9-12,21,23-24H,4-8,13-19H2,1-3H3. The van der Waals surface area contributed by atoms with E-state index in [1.807, 2.05) is 0 Å². The van der Waals surface area contributed by atoms with E-state index in [1.54, 1.807) is 0 Å². The molecule has 1 aromatic rings. The van der Waals surface area contributed by atoms with Crippen molar-refractivity contribution in [2.75, 3.05) is 13.2 Å². The Morgan fingerprint density at radius 2 is 1.64 bits per heavy atom. The van der Waals surface area contributed by atoms with Gasteiger partial charge in [0, 0.05) is 19.6 Å². The summed E-state index contributed by atoms with van der Waals surface area (Å²) in [5, 5.41) is 0. The highest BCUT2D eigenvalue weighted by atomic mass is 16.7. The first kappa shape index (κ1) is 21.6. The van der Waals surface area contributed by atoms with Crippen LogP contribution in [0.2, 0.25) is 0 Å². The van der Waals surface area contributed by atoms with E-state index >= 15 is 0 Å². The van der Waals surface area contributed by atoms with E-state index in [4.69, 9.17) is 14.2 Å². The van der Waals surface area contributed by atoms with E-state index in [1.165, 1.54) is 44.1 Å². The van der Waals surface area contributed by atoms with Crippen LogP contribution in [-0.4, -0.2) is 25.6 Å². The number of ether oxygens (including phenoxy) is 3. The second kappa shape index (κ2) is 10.6. The summed E-state index contributed by atoms with van der Waals surface area (Å²) < 4.78 is 18.3. The topological polar surface area (TPSA) is 27.7 Å². The van der Waals surface area contributed by atoms with Crippen LogP contribution >= 0.6 is 0 Å². The third-order valence-corrected chi connectivity index (χ3v) is 6.12. The Morgan fingerprint density at radius 3 is 2.29 bits per heavy atom. The zero-order valence-corrected chi connectivity index (χ0v) is 18.3. The highest BCUT2D eigenvalue weighted by molar-refractivity contribution is 5.27. The molecule has 0 amide bonds. The first-order valence-corrected chi connectivity index (χ1v) is 11.5. The van der Waals surface area contributed by atoms with Crippen LogP contribution in [0.4, 0.5) is 0 Å². The molecule has 28 heavy (non-hydrogen) atoms. The number of hydrogen-bond donors (Lipinski definition) is 0. The van der Waals surface area contributed by atoms with Crippen LogP contribution < -0.4 is 4.74 Å². The molecule has 0 aromatic heterocycles. The van der Waals surface area contributed by atoms with Crippen LogP contribution in [0.25, 0.3) is 0 Å². The van der Waals surface area contributed by atoms with Crippen LogP contribution in [0.3, 0.4) is 0 Å². The van der Waals surface area contributed by atoms with E-state index in [9.17, 15) is 0 Å². The minimum atomic E-state index is -0.133. The predicted molar refractivity (Wildman–Crippen MR) is 115 cm³/mol. The molecule has 1 saturated carbocycles. The van der Waals surface area contributed by atoms with Gasteiger partial charge < -0.3 is 14.2 Å². The molecule has 1 saturated heterocycles. The summed E-state index contributed by atoms with van der Waals surface area (Å²) >= 11 is 0. The Hall–Kier alpha value is -1.06. The van der Waals surface area contributed by atoms with Gasteiger partial charge in [-0.05, 0) is 54.7 Å². The van der Waals surface area contributed by atoms with Crippen molar-refractivity contribution in [3.05, 3.63) is 29.8 Å². The molecule has 0 bridgehead atoms. The van der Waals surface area contributed by atoms with E-state index in [0.717, 1.165) is 50.6 Å². The van der Waals surface area contributed by atoms with Gasteiger partial charge in [0.1, 0.15) is 5.75 Å². The predicted octanol–water partition coefficient (Wildman–Crippen LogP) is 6.54. The maximum atomic E-state index is 6.42. The lowest BCUT2D eigenvalue weighted by atomic mass is 9.87. The van der Waals surface area contributed by atoms with Crippen molar-refractivity contribution in [1.29, 1.82) is 0 Å². The Balaban J connectivity index is 1.57. The number of rotatable bonds is 8. The molecule has 3 heteroatoms. The van der Waals surface area contributed by atoms with Gasteiger partial charge in [0.15, 0.2) is 6.29 Å². The maximum Gasteiger partial charge on any atom is 0.200 e. The van der Waals surface area contributed by atoms with Gasteiger partial charge in [-0.3, -0.25) is 0 Å². The monoisotopic (exact) mass is 388 g/mol. The van der Waals surface area contributed by atoms with Crippen molar-refractivity contribution in [3.8, 4) is 5.75 Å². The Kier molecular flexibility index (Phi) is 8.23. The van der Waals surface area contributed by atoms with Crippen molar-refractivity contribution in [2.24, 2.45) is 11.3 Å². The lowest BCUT2D eigenvalue weighted by Crippen LogP contribution is -2.33. The van der Waals surface area contributed by atoms with Gasteiger partial charge in [0.05, 0.1) is 6.10 Å². The minimum Gasteiger partial charge on any atom is -0.465 e. The molecule has 1 heterocycles. The second-order valence-corrected chi connectivity index (χ2v) is 9.94. The highest BCUT2D eigenvalue weighted by Gasteiger charge is 2.25. The smallest absolute Gasteiger partial charge is 0.200 e. The third kappa shape index (κ3) is 7.75. The van der Waals surface area contributed by atoms with Gasteiger partial charge in [-0.25, -0.2) is 0 Å². The summed E-state index contributed by atoms with van der Waals surface area (Å²) in [5.74, 6) is 1.68. The molecule has 3 rings (SSSR count). The zero-order chi connectivity index (χ0) is 19.8. The van der Waals surface area contributed by atoms with Crippen molar-refractivity contribution in [3.63, 3.8) is 0 Å². The van der Waals surface area contributed by atoms with E-state index < -0.39 is 0 Å². The molecule has 2 fully saturated rings. The molecule has 1 aliphatic carbocycles. The van der Waals surface area contributed by atoms with Crippen molar-refractivity contribution in [1.82, 2.24) is 0 Å². The molecule has 0 radical (unpaired) electrons. The first-order chi connectivity index (χ1) is 13.5. The lowest BCUT2D eigenvalue weighted by molar-refractivity contribution is -0.152. The summed E-state index contributed by atoms with van der Waals surface area (Å²) in [5.41, 5.74) is 1.76. The molecule has 3 nitrogen and oxygen atoms in total. The van der Waals surface area contributed by atoms with Gasteiger partial charge >= 0.3 is 0 Å². The van der Waals surface area contributed by atoms with Crippen molar-refractivity contribution in [2.45, 2.75) is 97.4 Å². The van der Waals surface area contributed by atoms with Gasteiger partial charge in [-0.2, -0.15) is 0 Å². The summed E-state index contributed by atoms with van der Waals surface area (Å²) in [6.07, 6.45) is 12.2. The van der Waals surface area contributed by atoms with Crippen LogP contribution in [0.5, 0.6) is 5.75 Å². The minimum absolute atomic E-state index is 0.133. The van der Waals surface area contributed by atoms with Gasteiger partial charge in [-0.1, -0.05) is 65.0 Å². The highest BCUT2D eigenvalue weighted by Crippen LogP contribution is 2.30. The third-order valence-electron chi connectivity index (χ3n) is 6.12. The largest absolute Gasteiger partial charge is 0.465 e. The van der Waals surface area contributed by atoms with Gasteiger partial charge in [0.2, 0.25) is 0 Å². The Labute approximate surface area is 172 Å². The van der Waals surface area contributed by atoms with E-state index in [2.05, 4.69) is 45.0 Å². The first-order valence-electron chi connectivity index (χ1n) is 11.5. The molecule has 1 aromatic carbocycles. The van der Waals surface area contributed by atoms with Gasteiger partial charge in [-0.15, -0.1) is 0 Å². The number of benzene rings is 1. The fourth-order valence-corrected chi connectivity index (χ4v) is 4.26. The zero-order valence-electron chi connectivity index (χ0n) is 18.3. The second-order valence-electron chi connectivity index (χ2n) is 9.94. The van der Waals surface area contributed by atoms with Crippen molar-refractivity contribution < 1.29 is 14.2 Å². The van der Waals surface area contributed by atoms with E-state index in [0.29, 0.717) is 5.41 Å². The molecule has 1 aliphatic heterocycles. The quantitative estimate of drug-likeness (QED) is 0.473. The average molecular weight is 389 g/mol. The molecule has 158 valence electrons. The van der Waals surface area contributed by atoms with Gasteiger partial charge in [0.25, 0.3) is 0 Å². The number of hydrogen-bond acceptors (Lipinski definition) is 3. The Bertz CT molecular complexity index is 528. The van der Waals surface area contributed by atoms with Crippen LogP contribution in [0, 0.1) is 11.3 Å².